The van der Waals surface area contributed by atoms with Crippen LogP contribution in [0.2, 0.25) is 0 Å². The van der Waals surface area contributed by atoms with E-state index in [4.69, 9.17) is 4.42 Å². The molecular weight excluding hydrogens is 316 g/mol. The van der Waals surface area contributed by atoms with Gasteiger partial charge >= 0.3 is 0 Å². The summed E-state index contributed by atoms with van der Waals surface area (Å²) >= 11 is 0. The van der Waals surface area contributed by atoms with Gasteiger partial charge in [0.25, 0.3) is 0 Å². The molecule has 0 saturated carbocycles. The molecule has 0 atom stereocenters. The van der Waals surface area contributed by atoms with Crippen LogP contribution < -0.4 is 11.7 Å². The van der Waals surface area contributed by atoms with Gasteiger partial charge in [-0.2, -0.15) is 10.2 Å². The fourth-order valence-electron chi connectivity index (χ4n) is 1.15. The quantitative estimate of drug-likeness (QED) is 0.365. The SMILES string of the molecule is C.C/C=N/N=C/c1ccc(C=O)o1.NN.O=Cc1ccc(C=O)o1. The average Bonchev–Trinajstić information content (AvgIpc) is 3.26. The van der Waals surface area contributed by atoms with Crippen LogP contribution in [0.1, 0.15) is 51.8 Å². The molecule has 0 radical (unpaired) electrons. The molecule has 4 N–H and O–H groups in total. The number of nitrogens with zero attached hydrogens (tertiary/aromatic N) is 2. The predicted octanol–water partition coefficient (Wildman–Crippen LogP) is 1.88. The molecule has 24 heavy (non-hydrogen) atoms. The highest BCUT2D eigenvalue weighted by molar-refractivity contribution is 5.79. The van der Waals surface area contributed by atoms with E-state index < -0.39 is 0 Å². The second-order valence-electron chi connectivity index (χ2n) is 3.45. The standard InChI is InChI=1S/C8H8N2O2.C6H4O3.CH4.H4N2/c1-2-9-10-5-7-3-4-8(6-11)12-7;7-3-5-1-2-6(4-8)9-5;;1-2/h2-6H,1H3;1-4H;1H4;1-2H2/b9-2+,10-5+;;;. The fourth-order valence-corrected chi connectivity index (χ4v) is 1.15. The van der Waals surface area contributed by atoms with E-state index in [9.17, 15) is 14.4 Å². The molecule has 0 spiro atoms. The molecule has 0 bridgehead atoms. The maximum Gasteiger partial charge on any atom is 0.185 e. The van der Waals surface area contributed by atoms with Crippen molar-refractivity contribution in [1.29, 1.82) is 0 Å². The first kappa shape index (κ1) is 23.1. The molecule has 2 heterocycles. The largest absolute Gasteiger partial charge is 0.452 e. The summed E-state index contributed by atoms with van der Waals surface area (Å²) in [6.45, 7) is 1.76. The third-order valence-electron chi connectivity index (χ3n) is 2.01. The Hall–Kier alpha value is -3.17. The highest BCUT2D eigenvalue weighted by Crippen LogP contribution is 2.02. The lowest BCUT2D eigenvalue weighted by Crippen LogP contribution is -2.02. The monoisotopic (exact) mass is 336 g/mol. The summed E-state index contributed by atoms with van der Waals surface area (Å²) in [6, 6.07) is 6.11. The Kier molecular flexibility index (Phi) is 14.2. The molecule has 0 aliphatic heterocycles. The minimum absolute atomic E-state index is 0. The van der Waals surface area contributed by atoms with Gasteiger partial charge in [-0.25, -0.2) is 0 Å². The van der Waals surface area contributed by atoms with E-state index in [1.165, 1.54) is 18.3 Å². The number of nitrogens with two attached hydrogens (primary N) is 2. The third kappa shape index (κ3) is 8.97. The van der Waals surface area contributed by atoms with Crippen molar-refractivity contribution >= 4 is 31.3 Å². The Balaban J connectivity index is 0. The van der Waals surface area contributed by atoms with Crippen molar-refractivity contribution in [1.82, 2.24) is 0 Å². The zero-order valence-corrected chi connectivity index (χ0v) is 12.3. The fraction of sp³-hybridized carbons (Fsp3) is 0.133. The van der Waals surface area contributed by atoms with E-state index in [2.05, 4.69) is 26.3 Å². The Bertz CT molecular complexity index is 636. The van der Waals surface area contributed by atoms with Gasteiger partial charge in [-0.05, 0) is 31.2 Å². The van der Waals surface area contributed by atoms with Gasteiger partial charge in [0.2, 0.25) is 0 Å². The van der Waals surface area contributed by atoms with Crippen LogP contribution in [0.3, 0.4) is 0 Å². The molecule has 130 valence electrons. The predicted molar refractivity (Wildman–Crippen MR) is 90.4 cm³/mol. The van der Waals surface area contributed by atoms with Gasteiger partial charge in [0, 0.05) is 6.21 Å². The van der Waals surface area contributed by atoms with Crippen LogP contribution in [-0.4, -0.2) is 31.3 Å². The summed E-state index contributed by atoms with van der Waals surface area (Å²) in [4.78, 5) is 30.0. The van der Waals surface area contributed by atoms with Gasteiger partial charge in [-0.15, -0.1) is 0 Å². The molecule has 0 aliphatic carbocycles. The highest BCUT2D eigenvalue weighted by Gasteiger charge is 1.96. The van der Waals surface area contributed by atoms with Crippen LogP contribution in [-0.2, 0) is 0 Å². The summed E-state index contributed by atoms with van der Waals surface area (Å²) in [5.41, 5.74) is 0. The number of furan rings is 2. The number of rotatable bonds is 5. The van der Waals surface area contributed by atoms with Gasteiger partial charge in [-0.3, -0.25) is 26.1 Å². The van der Waals surface area contributed by atoms with E-state index in [0.29, 0.717) is 24.6 Å². The summed E-state index contributed by atoms with van der Waals surface area (Å²) in [5.74, 6) is 9.16. The Morgan fingerprint density at radius 3 is 1.50 bits per heavy atom. The van der Waals surface area contributed by atoms with Crippen LogP contribution in [0.4, 0.5) is 0 Å². The molecule has 0 saturated heterocycles. The number of hydrogen-bond acceptors (Lipinski definition) is 9. The van der Waals surface area contributed by atoms with E-state index in [1.807, 2.05) is 0 Å². The number of hydrazine groups is 1. The van der Waals surface area contributed by atoms with Crippen molar-refractivity contribution in [2.45, 2.75) is 14.4 Å². The zero-order chi connectivity index (χ0) is 17.5. The number of hydrogen-bond donors (Lipinski definition) is 2. The van der Waals surface area contributed by atoms with Crippen molar-refractivity contribution in [2.24, 2.45) is 21.9 Å². The van der Waals surface area contributed by atoms with Crippen molar-refractivity contribution in [3.63, 3.8) is 0 Å². The van der Waals surface area contributed by atoms with Gasteiger partial charge in [0.15, 0.2) is 36.1 Å². The van der Waals surface area contributed by atoms with Gasteiger partial charge < -0.3 is 8.83 Å². The van der Waals surface area contributed by atoms with Crippen LogP contribution in [0, 0.1) is 0 Å². The van der Waals surface area contributed by atoms with E-state index >= 15 is 0 Å². The Morgan fingerprint density at radius 2 is 1.17 bits per heavy atom. The molecule has 2 aromatic rings. The molecule has 0 amide bonds. The first-order valence-corrected chi connectivity index (χ1v) is 6.13. The molecule has 0 unspecified atom stereocenters. The lowest BCUT2D eigenvalue weighted by Gasteiger charge is -1.80. The molecular formula is C15H20N4O5. The lowest BCUT2D eigenvalue weighted by molar-refractivity contribution is 0.107. The molecule has 9 nitrogen and oxygen atoms in total. The van der Waals surface area contributed by atoms with Crippen molar-refractivity contribution < 1.29 is 23.2 Å². The maximum absolute atomic E-state index is 10.2. The molecule has 0 fully saturated rings. The van der Waals surface area contributed by atoms with Crippen molar-refractivity contribution in [3.05, 3.63) is 47.3 Å². The molecule has 0 aliphatic rings. The number of carbonyl (C=O) groups excluding carboxylic acids is 3. The first-order chi connectivity index (χ1) is 11.2. The van der Waals surface area contributed by atoms with Crippen LogP contribution in [0.15, 0.2) is 43.3 Å². The molecule has 2 rings (SSSR count). The maximum atomic E-state index is 10.2. The summed E-state index contributed by atoms with van der Waals surface area (Å²) < 4.78 is 9.63. The summed E-state index contributed by atoms with van der Waals surface area (Å²) in [5, 5.41) is 7.24. The normalized spacial score (nSPS) is 9.29. The Labute approximate surface area is 139 Å². The zero-order valence-electron chi connectivity index (χ0n) is 12.3. The summed E-state index contributed by atoms with van der Waals surface area (Å²) in [7, 11) is 0. The second-order valence-corrected chi connectivity index (χ2v) is 3.45. The lowest BCUT2D eigenvalue weighted by atomic mass is 10.4. The smallest absolute Gasteiger partial charge is 0.185 e. The number of carbonyl (C=O) groups is 3. The van der Waals surface area contributed by atoms with Gasteiger partial charge in [-0.1, -0.05) is 7.43 Å². The van der Waals surface area contributed by atoms with Gasteiger partial charge in [0.05, 0.1) is 6.21 Å². The minimum Gasteiger partial charge on any atom is -0.452 e. The Morgan fingerprint density at radius 1 is 0.792 bits per heavy atom. The summed E-state index contributed by atoms with van der Waals surface area (Å²) in [6.07, 6.45) is 4.73. The highest BCUT2D eigenvalue weighted by atomic mass is 16.4. The van der Waals surface area contributed by atoms with Crippen LogP contribution >= 0.6 is 0 Å². The second kappa shape index (κ2) is 14.8. The first-order valence-electron chi connectivity index (χ1n) is 6.13. The molecule has 2 aromatic heterocycles. The molecule has 0 aromatic carbocycles. The van der Waals surface area contributed by atoms with E-state index in [0.717, 1.165) is 0 Å². The van der Waals surface area contributed by atoms with Crippen LogP contribution in [0.5, 0.6) is 0 Å². The van der Waals surface area contributed by atoms with Crippen molar-refractivity contribution in [2.75, 3.05) is 0 Å². The molecule has 9 heteroatoms. The van der Waals surface area contributed by atoms with Crippen LogP contribution in [0.25, 0.3) is 0 Å². The topological polar surface area (TPSA) is 154 Å². The van der Waals surface area contributed by atoms with Crippen molar-refractivity contribution in [3.8, 4) is 0 Å². The average molecular weight is 336 g/mol. The van der Waals surface area contributed by atoms with E-state index in [-0.39, 0.29) is 24.7 Å². The van der Waals surface area contributed by atoms with E-state index in [1.54, 1.807) is 25.3 Å². The van der Waals surface area contributed by atoms with Gasteiger partial charge in [0.1, 0.15) is 5.76 Å². The number of aldehydes is 3. The minimum atomic E-state index is 0. The third-order valence-corrected chi connectivity index (χ3v) is 2.01.